The molecule has 2 unspecified atom stereocenters. The Morgan fingerprint density at radius 3 is 2.25 bits per heavy atom. The quantitative estimate of drug-likeness (QED) is 0.358. The molecule has 0 N–H and O–H groups in total. The molecule has 0 radical (unpaired) electrons. The lowest BCUT2D eigenvalue weighted by Crippen LogP contribution is -2.42. The first kappa shape index (κ1) is 28.8. The number of rotatable bonds is 9. The average Bonchev–Trinajstić information content (AvgIpc) is 3.35. The first-order valence-electron chi connectivity index (χ1n) is 14.0. The van der Waals surface area contributed by atoms with Crippen molar-refractivity contribution in [3.8, 4) is 11.5 Å². The van der Waals surface area contributed by atoms with E-state index in [0.29, 0.717) is 73.4 Å². The molecule has 3 heterocycles. The van der Waals surface area contributed by atoms with Gasteiger partial charge in [-0.15, -0.1) is 0 Å². The van der Waals surface area contributed by atoms with Crippen LogP contribution in [0.1, 0.15) is 44.5 Å². The number of nitrogens with zero attached hydrogens (tertiary/aromatic N) is 4. The van der Waals surface area contributed by atoms with Crippen LogP contribution in [0.25, 0.3) is 10.2 Å². The number of fused-ring (bicyclic) bond motifs is 2. The maximum absolute atomic E-state index is 13.9. The van der Waals surface area contributed by atoms with Crippen LogP contribution in [0.3, 0.4) is 0 Å². The summed E-state index contributed by atoms with van der Waals surface area (Å²) >= 11 is 1.43. The summed E-state index contributed by atoms with van der Waals surface area (Å²) in [6.07, 6.45) is 1.03. The maximum Gasteiger partial charge on any atom is 0.260 e. The number of carbonyl (C=O) groups excluding carboxylic acids is 1. The molecule has 0 aliphatic carbocycles. The number of anilines is 1. The molecular weight excluding hydrogens is 548 g/mol. The molecule has 1 fully saturated rings. The third kappa shape index (κ3) is 5.97. The van der Waals surface area contributed by atoms with Crippen molar-refractivity contribution < 1.29 is 22.7 Å². The Kier molecular flexibility index (Phi) is 8.65. The number of amides is 1. The molecule has 11 heteroatoms. The fourth-order valence-electron chi connectivity index (χ4n) is 5.51. The Balaban J connectivity index is 1.43. The Hall–Kier alpha value is -2.73. The summed E-state index contributed by atoms with van der Waals surface area (Å²) in [5, 5.41) is 0.586. The van der Waals surface area contributed by atoms with Crippen LogP contribution in [0.15, 0.2) is 41.3 Å². The fraction of sp³-hybridized carbons (Fsp3) is 0.517. The second-order valence-electron chi connectivity index (χ2n) is 10.7. The molecule has 0 saturated carbocycles. The molecule has 2 atom stereocenters. The molecule has 9 nitrogen and oxygen atoms in total. The summed E-state index contributed by atoms with van der Waals surface area (Å²) in [6, 6.07) is 10.1. The minimum absolute atomic E-state index is 0.214. The van der Waals surface area contributed by atoms with Gasteiger partial charge in [0.2, 0.25) is 10.0 Å². The van der Waals surface area contributed by atoms with Gasteiger partial charge in [0.1, 0.15) is 13.2 Å². The standard InChI is InChI=1S/C29H38N4O5S2/c1-5-31(6-2)11-12-33(29-30-24-16-25-26(17-27(24)39-29)38-14-13-37-25)28(34)22-7-9-23(10-8-22)40(35,36)32-18-20(3)15-21(4)19-32/h7-10,16-17,20-21H,5-6,11-15,18-19H2,1-4H3. The largest absolute Gasteiger partial charge is 0.486 e. The van der Waals surface area contributed by atoms with Crippen molar-refractivity contribution in [3.05, 3.63) is 42.0 Å². The predicted molar refractivity (Wildman–Crippen MR) is 158 cm³/mol. The van der Waals surface area contributed by atoms with Gasteiger partial charge in [-0.3, -0.25) is 9.69 Å². The first-order chi connectivity index (χ1) is 19.2. The van der Waals surface area contributed by atoms with E-state index < -0.39 is 10.0 Å². The van der Waals surface area contributed by atoms with Gasteiger partial charge >= 0.3 is 0 Å². The van der Waals surface area contributed by atoms with Gasteiger partial charge in [-0.05, 0) is 55.6 Å². The van der Waals surface area contributed by atoms with Crippen molar-refractivity contribution in [2.24, 2.45) is 11.8 Å². The van der Waals surface area contributed by atoms with Crippen molar-refractivity contribution in [3.63, 3.8) is 0 Å². The smallest absolute Gasteiger partial charge is 0.260 e. The van der Waals surface area contributed by atoms with E-state index in [1.165, 1.54) is 11.3 Å². The summed E-state index contributed by atoms with van der Waals surface area (Å²) in [5.41, 5.74) is 1.17. The minimum atomic E-state index is -3.63. The number of thiazole rings is 1. The highest BCUT2D eigenvalue weighted by atomic mass is 32.2. The number of sulfonamides is 1. The summed E-state index contributed by atoms with van der Waals surface area (Å²) in [7, 11) is -3.63. The van der Waals surface area contributed by atoms with Crippen molar-refractivity contribution in [2.75, 3.05) is 57.4 Å². The summed E-state index contributed by atoms with van der Waals surface area (Å²) < 4.78 is 40.7. The van der Waals surface area contributed by atoms with Crippen LogP contribution < -0.4 is 14.4 Å². The third-order valence-corrected chi connectivity index (χ3v) is 10.5. The van der Waals surface area contributed by atoms with Gasteiger partial charge in [-0.25, -0.2) is 13.4 Å². The number of likely N-dealkylation sites (N-methyl/N-ethyl adjacent to an activating group) is 1. The summed E-state index contributed by atoms with van der Waals surface area (Å²) in [4.78, 5) is 22.8. The number of ether oxygens (including phenoxy) is 2. The average molecular weight is 587 g/mol. The Morgan fingerprint density at radius 2 is 1.62 bits per heavy atom. The number of carbonyl (C=O) groups is 1. The van der Waals surface area contributed by atoms with Crippen LogP contribution in [-0.4, -0.2) is 81.0 Å². The van der Waals surface area contributed by atoms with E-state index >= 15 is 0 Å². The van der Waals surface area contributed by atoms with E-state index in [1.807, 2.05) is 12.1 Å². The van der Waals surface area contributed by atoms with Crippen LogP contribution >= 0.6 is 11.3 Å². The Labute approximate surface area is 240 Å². The molecular formula is C29H38N4O5S2. The van der Waals surface area contributed by atoms with E-state index in [0.717, 1.165) is 29.7 Å². The first-order valence-corrected chi connectivity index (χ1v) is 16.3. The number of piperidine rings is 1. The van der Waals surface area contributed by atoms with E-state index in [-0.39, 0.29) is 10.8 Å². The monoisotopic (exact) mass is 586 g/mol. The van der Waals surface area contributed by atoms with E-state index in [2.05, 4.69) is 32.6 Å². The molecule has 1 saturated heterocycles. The van der Waals surface area contributed by atoms with Gasteiger partial charge in [0, 0.05) is 43.9 Å². The van der Waals surface area contributed by atoms with Crippen LogP contribution in [0.4, 0.5) is 5.13 Å². The normalized spacial score (nSPS) is 19.7. The van der Waals surface area contributed by atoms with Crippen LogP contribution in [0.5, 0.6) is 11.5 Å². The van der Waals surface area contributed by atoms with Crippen molar-refractivity contribution in [2.45, 2.75) is 39.0 Å². The Bertz CT molecular complexity index is 1400. The Morgan fingerprint density at radius 1 is 1.00 bits per heavy atom. The molecule has 2 aromatic carbocycles. The molecule has 2 aliphatic rings. The van der Waals surface area contributed by atoms with Gasteiger partial charge in [0.25, 0.3) is 5.91 Å². The molecule has 1 amide bonds. The highest BCUT2D eigenvalue weighted by Gasteiger charge is 2.32. The zero-order valence-corrected chi connectivity index (χ0v) is 25.3. The zero-order valence-electron chi connectivity index (χ0n) is 23.6. The van der Waals surface area contributed by atoms with Crippen molar-refractivity contribution in [1.29, 1.82) is 0 Å². The number of aromatic nitrogens is 1. The second kappa shape index (κ2) is 12.0. The highest BCUT2D eigenvalue weighted by Crippen LogP contribution is 2.39. The number of hydrogen-bond donors (Lipinski definition) is 0. The van der Waals surface area contributed by atoms with Crippen LogP contribution in [0.2, 0.25) is 0 Å². The van der Waals surface area contributed by atoms with E-state index in [1.54, 1.807) is 33.5 Å². The van der Waals surface area contributed by atoms with Gasteiger partial charge in [-0.1, -0.05) is 39.0 Å². The fourth-order valence-corrected chi connectivity index (χ4v) is 8.19. The lowest BCUT2D eigenvalue weighted by Gasteiger charge is -2.34. The molecule has 3 aromatic rings. The van der Waals surface area contributed by atoms with E-state index in [9.17, 15) is 13.2 Å². The zero-order chi connectivity index (χ0) is 28.4. The number of benzene rings is 2. The molecule has 1 aromatic heterocycles. The lowest BCUT2D eigenvalue weighted by molar-refractivity contribution is 0.0983. The van der Waals surface area contributed by atoms with Gasteiger partial charge in [-0.2, -0.15) is 4.31 Å². The molecule has 40 heavy (non-hydrogen) atoms. The summed E-state index contributed by atoms with van der Waals surface area (Å²) in [5.74, 6) is 1.76. The molecule has 2 aliphatic heterocycles. The van der Waals surface area contributed by atoms with Gasteiger partial charge in [0.15, 0.2) is 16.6 Å². The predicted octanol–water partition coefficient (Wildman–Crippen LogP) is 4.72. The number of hydrogen-bond acceptors (Lipinski definition) is 8. The molecule has 0 spiro atoms. The van der Waals surface area contributed by atoms with Crippen LogP contribution in [-0.2, 0) is 10.0 Å². The van der Waals surface area contributed by atoms with Crippen molar-refractivity contribution in [1.82, 2.24) is 14.2 Å². The molecule has 0 bridgehead atoms. The van der Waals surface area contributed by atoms with Crippen molar-refractivity contribution >= 4 is 42.6 Å². The van der Waals surface area contributed by atoms with Gasteiger partial charge < -0.3 is 14.4 Å². The van der Waals surface area contributed by atoms with Gasteiger partial charge in [0.05, 0.1) is 15.1 Å². The van der Waals surface area contributed by atoms with Crippen LogP contribution in [0, 0.1) is 11.8 Å². The van der Waals surface area contributed by atoms with E-state index in [4.69, 9.17) is 14.5 Å². The maximum atomic E-state index is 13.9. The summed E-state index contributed by atoms with van der Waals surface area (Å²) in [6.45, 7) is 13.3. The molecule has 216 valence electrons. The topological polar surface area (TPSA) is 92.3 Å². The second-order valence-corrected chi connectivity index (χ2v) is 13.7. The third-order valence-electron chi connectivity index (χ3n) is 7.63. The highest BCUT2D eigenvalue weighted by molar-refractivity contribution is 7.89. The SMILES string of the molecule is CCN(CC)CCN(C(=O)c1ccc(S(=O)(=O)N2CC(C)CC(C)C2)cc1)c1nc2cc3c(cc2s1)OCCO3. The lowest BCUT2D eigenvalue weighted by atomic mass is 9.94. The molecule has 5 rings (SSSR count). The minimum Gasteiger partial charge on any atom is -0.486 e.